The van der Waals surface area contributed by atoms with Crippen LogP contribution in [-0.2, 0) is 11.3 Å². The molecule has 0 saturated carbocycles. The third kappa shape index (κ3) is 4.48. The number of carbonyl (C=O) groups is 2. The van der Waals surface area contributed by atoms with Crippen LogP contribution in [-0.4, -0.2) is 60.5 Å². The number of hydrogen-bond donors (Lipinski definition) is 2. The second-order valence-electron chi connectivity index (χ2n) is 6.82. The van der Waals surface area contributed by atoms with Crippen molar-refractivity contribution in [2.24, 2.45) is 0 Å². The molecule has 2 fully saturated rings. The fourth-order valence-electron chi connectivity index (χ4n) is 3.47. The zero-order valence-corrected chi connectivity index (χ0v) is 14.6. The number of piperidine rings is 1. The predicted molar refractivity (Wildman–Crippen MR) is 92.6 cm³/mol. The summed E-state index contributed by atoms with van der Waals surface area (Å²) in [6.45, 7) is 5.36. The molecule has 2 saturated heterocycles. The summed E-state index contributed by atoms with van der Waals surface area (Å²) < 4.78 is 13.5. The maximum Gasteiger partial charge on any atom is 0.317 e. The number of nitrogens with zero attached hydrogens (tertiary/aromatic N) is 2. The molecule has 1 aromatic rings. The zero-order valence-electron chi connectivity index (χ0n) is 14.6. The average molecular weight is 348 g/mol. The van der Waals surface area contributed by atoms with E-state index in [2.05, 4.69) is 15.5 Å². The third-order valence-corrected chi connectivity index (χ3v) is 4.90. The van der Waals surface area contributed by atoms with E-state index in [4.69, 9.17) is 0 Å². The van der Waals surface area contributed by atoms with Crippen molar-refractivity contribution in [3.63, 3.8) is 0 Å². The molecule has 7 heteroatoms. The Kier molecular flexibility index (Phi) is 5.53. The first-order chi connectivity index (χ1) is 12.0. The van der Waals surface area contributed by atoms with Crippen LogP contribution in [0.25, 0.3) is 0 Å². The number of nitrogens with one attached hydrogen (secondary N) is 2. The minimum Gasteiger partial charge on any atom is -0.351 e. The average Bonchev–Trinajstić information content (AvgIpc) is 3.02. The molecule has 0 bridgehead atoms. The van der Waals surface area contributed by atoms with Gasteiger partial charge < -0.3 is 15.5 Å². The molecule has 2 N–H and O–H groups in total. The van der Waals surface area contributed by atoms with Gasteiger partial charge in [0.1, 0.15) is 5.82 Å². The Morgan fingerprint density at radius 2 is 2.24 bits per heavy atom. The predicted octanol–water partition coefficient (Wildman–Crippen LogP) is 1.24. The molecule has 1 unspecified atom stereocenters. The first-order valence-electron chi connectivity index (χ1n) is 8.81. The monoisotopic (exact) mass is 348 g/mol. The molecule has 0 spiro atoms. The number of aryl methyl sites for hydroxylation is 1. The second-order valence-corrected chi connectivity index (χ2v) is 6.82. The molecule has 25 heavy (non-hydrogen) atoms. The van der Waals surface area contributed by atoms with Crippen LogP contribution in [0.4, 0.5) is 9.18 Å². The molecule has 1 atom stereocenters. The van der Waals surface area contributed by atoms with Gasteiger partial charge in [-0.15, -0.1) is 0 Å². The lowest BCUT2D eigenvalue weighted by Gasteiger charge is -2.36. The highest BCUT2D eigenvalue weighted by Crippen LogP contribution is 2.17. The van der Waals surface area contributed by atoms with Crippen LogP contribution < -0.4 is 10.6 Å². The molecule has 3 rings (SSSR count). The molecule has 0 radical (unpaired) electrons. The molecule has 3 amide bonds. The lowest BCUT2D eigenvalue weighted by atomic mass is 10.0. The fourth-order valence-corrected chi connectivity index (χ4v) is 3.47. The highest BCUT2D eigenvalue weighted by Gasteiger charge is 2.31. The van der Waals surface area contributed by atoms with E-state index in [-0.39, 0.29) is 23.8 Å². The Hall–Kier alpha value is -2.15. The number of benzene rings is 1. The Bertz CT molecular complexity index is 652. The van der Waals surface area contributed by atoms with Gasteiger partial charge in [0, 0.05) is 32.2 Å². The van der Waals surface area contributed by atoms with Gasteiger partial charge in [0.25, 0.3) is 0 Å². The van der Waals surface area contributed by atoms with Crippen molar-refractivity contribution in [2.45, 2.75) is 32.4 Å². The van der Waals surface area contributed by atoms with Gasteiger partial charge in [0.15, 0.2) is 0 Å². The third-order valence-electron chi connectivity index (χ3n) is 4.90. The van der Waals surface area contributed by atoms with E-state index in [0.29, 0.717) is 25.2 Å². The van der Waals surface area contributed by atoms with Crippen molar-refractivity contribution in [1.29, 1.82) is 0 Å². The number of hydrogen-bond acceptors (Lipinski definition) is 3. The van der Waals surface area contributed by atoms with E-state index in [9.17, 15) is 14.0 Å². The van der Waals surface area contributed by atoms with Crippen molar-refractivity contribution in [3.05, 3.63) is 35.1 Å². The SMILES string of the molecule is Cc1ccc(CNC(=O)CN2CCCC(N3CCNC3=O)C2)cc1F. The van der Waals surface area contributed by atoms with Gasteiger partial charge in [-0.3, -0.25) is 9.69 Å². The van der Waals surface area contributed by atoms with Crippen molar-refractivity contribution in [2.75, 3.05) is 32.7 Å². The van der Waals surface area contributed by atoms with Crippen LogP contribution in [0.2, 0.25) is 0 Å². The standard InChI is InChI=1S/C18H25FN4O2/c1-13-4-5-14(9-16(13)19)10-21-17(24)12-22-7-2-3-15(11-22)23-8-6-20-18(23)25/h4-5,9,15H,2-3,6-8,10-12H2,1H3,(H,20,25)(H,21,24). The van der Waals surface area contributed by atoms with Gasteiger partial charge in [-0.1, -0.05) is 12.1 Å². The molecule has 0 aliphatic carbocycles. The number of rotatable bonds is 5. The molecule has 1 aromatic carbocycles. The molecular weight excluding hydrogens is 323 g/mol. The Morgan fingerprint density at radius 1 is 1.40 bits per heavy atom. The molecule has 2 aliphatic rings. The smallest absolute Gasteiger partial charge is 0.317 e. The number of urea groups is 1. The first kappa shape index (κ1) is 17.7. The van der Waals surface area contributed by atoms with Crippen LogP contribution in [0.1, 0.15) is 24.0 Å². The van der Waals surface area contributed by atoms with E-state index < -0.39 is 0 Å². The summed E-state index contributed by atoms with van der Waals surface area (Å²) in [4.78, 5) is 28.0. The number of carbonyl (C=O) groups excluding carboxylic acids is 2. The second kappa shape index (κ2) is 7.82. The first-order valence-corrected chi connectivity index (χ1v) is 8.81. The number of amides is 3. The van der Waals surface area contributed by atoms with Crippen molar-refractivity contribution in [1.82, 2.24) is 20.4 Å². The molecule has 136 valence electrons. The summed E-state index contributed by atoms with van der Waals surface area (Å²) in [7, 11) is 0. The van der Waals surface area contributed by atoms with E-state index in [0.717, 1.165) is 38.0 Å². The van der Waals surface area contributed by atoms with Crippen LogP contribution in [0.15, 0.2) is 18.2 Å². The fraction of sp³-hybridized carbons (Fsp3) is 0.556. The van der Waals surface area contributed by atoms with Gasteiger partial charge in [-0.05, 0) is 43.5 Å². The van der Waals surface area contributed by atoms with Crippen molar-refractivity contribution in [3.8, 4) is 0 Å². The summed E-state index contributed by atoms with van der Waals surface area (Å²) >= 11 is 0. The maximum absolute atomic E-state index is 13.5. The highest BCUT2D eigenvalue weighted by molar-refractivity contribution is 5.78. The minimum absolute atomic E-state index is 0.00213. The van der Waals surface area contributed by atoms with Gasteiger partial charge in [0.05, 0.1) is 6.54 Å². The molecule has 2 aliphatic heterocycles. The molecule has 6 nitrogen and oxygen atoms in total. The quantitative estimate of drug-likeness (QED) is 0.841. The lowest BCUT2D eigenvalue weighted by Crippen LogP contribution is -2.51. The summed E-state index contributed by atoms with van der Waals surface area (Å²) in [5.74, 6) is -0.331. The van der Waals surface area contributed by atoms with Crippen LogP contribution in [0.5, 0.6) is 0 Å². The van der Waals surface area contributed by atoms with E-state index in [1.165, 1.54) is 6.07 Å². The lowest BCUT2D eigenvalue weighted by molar-refractivity contribution is -0.122. The van der Waals surface area contributed by atoms with E-state index >= 15 is 0 Å². The number of likely N-dealkylation sites (tertiary alicyclic amines) is 1. The molecule has 0 aromatic heterocycles. The van der Waals surface area contributed by atoms with Gasteiger partial charge in [-0.2, -0.15) is 0 Å². The Labute approximate surface area is 147 Å². The number of halogens is 1. The summed E-state index contributed by atoms with van der Waals surface area (Å²) in [6.07, 6.45) is 1.96. The van der Waals surface area contributed by atoms with Crippen LogP contribution in [0, 0.1) is 12.7 Å². The van der Waals surface area contributed by atoms with Gasteiger partial charge >= 0.3 is 6.03 Å². The van der Waals surface area contributed by atoms with E-state index in [1.807, 2.05) is 11.0 Å². The molecule has 2 heterocycles. The van der Waals surface area contributed by atoms with Crippen molar-refractivity contribution < 1.29 is 14.0 Å². The highest BCUT2D eigenvalue weighted by atomic mass is 19.1. The molecular formula is C18H25FN4O2. The van der Waals surface area contributed by atoms with Crippen LogP contribution in [0.3, 0.4) is 0 Å². The van der Waals surface area contributed by atoms with E-state index in [1.54, 1.807) is 13.0 Å². The normalized spacial score (nSPS) is 21.3. The maximum atomic E-state index is 13.5. The topological polar surface area (TPSA) is 64.7 Å². The summed E-state index contributed by atoms with van der Waals surface area (Å²) in [6, 6.07) is 5.17. The van der Waals surface area contributed by atoms with Crippen molar-refractivity contribution >= 4 is 11.9 Å². The summed E-state index contributed by atoms with van der Waals surface area (Å²) in [5.41, 5.74) is 1.35. The Balaban J connectivity index is 1.47. The largest absolute Gasteiger partial charge is 0.351 e. The minimum atomic E-state index is -0.255. The van der Waals surface area contributed by atoms with Crippen LogP contribution >= 0.6 is 0 Å². The van der Waals surface area contributed by atoms with Gasteiger partial charge in [-0.25, -0.2) is 9.18 Å². The Morgan fingerprint density at radius 3 is 2.96 bits per heavy atom. The summed E-state index contributed by atoms with van der Waals surface area (Å²) in [5, 5.41) is 5.67. The van der Waals surface area contributed by atoms with Gasteiger partial charge in [0.2, 0.25) is 5.91 Å². The zero-order chi connectivity index (χ0) is 17.8.